The Hall–Kier alpha value is -4.37. The van der Waals surface area contributed by atoms with Crippen LogP contribution >= 0.6 is 35.0 Å². The van der Waals surface area contributed by atoms with Gasteiger partial charge in [0.15, 0.2) is 0 Å². The second-order valence-electron chi connectivity index (χ2n) is 9.21. The maximum absolute atomic E-state index is 13.3. The Morgan fingerprint density at radius 1 is 0.833 bits per heavy atom. The molecule has 1 heterocycles. The van der Waals surface area contributed by atoms with Crippen LogP contribution in [0.1, 0.15) is 22.3 Å². The first kappa shape index (κ1) is 29.1. The molecule has 42 heavy (non-hydrogen) atoms. The van der Waals surface area contributed by atoms with E-state index in [1.807, 2.05) is 6.07 Å². The summed E-state index contributed by atoms with van der Waals surface area (Å²) in [5.41, 5.74) is 1.80. The SMILES string of the molecule is O=C(Nc1ccc(SC2CC(=O)N(c3ccccc3)C2=O)cc1)/C(=C/c1cccc(Cl)c1Cl)NC(=O)c1ccccc1. The summed E-state index contributed by atoms with van der Waals surface area (Å²) in [6.07, 6.45) is 1.55. The first-order valence-electron chi connectivity index (χ1n) is 12.8. The van der Waals surface area contributed by atoms with Crippen molar-refractivity contribution in [2.45, 2.75) is 16.6 Å². The summed E-state index contributed by atoms with van der Waals surface area (Å²) in [5, 5.41) is 5.44. The molecule has 0 radical (unpaired) electrons. The summed E-state index contributed by atoms with van der Waals surface area (Å²) in [6.45, 7) is 0. The minimum absolute atomic E-state index is 0.0393. The predicted molar refractivity (Wildman–Crippen MR) is 167 cm³/mol. The molecule has 4 amide bonds. The number of nitrogens with zero attached hydrogens (tertiary/aromatic N) is 1. The molecular formula is C32H23Cl2N3O4S. The van der Waals surface area contributed by atoms with Gasteiger partial charge in [0.25, 0.3) is 11.8 Å². The molecule has 0 spiro atoms. The summed E-state index contributed by atoms with van der Waals surface area (Å²) < 4.78 is 0. The third-order valence-electron chi connectivity index (χ3n) is 6.32. The van der Waals surface area contributed by atoms with Crippen molar-refractivity contribution in [3.63, 3.8) is 0 Å². The smallest absolute Gasteiger partial charge is 0.272 e. The van der Waals surface area contributed by atoms with E-state index in [9.17, 15) is 19.2 Å². The lowest BCUT2D eigenvalue weighted by Gasteiger charge is -2.15. The summed E-state index contributed by atoms with van der Waals surface area (Å²) >= 11 is 13.8. The van der Waals surface area contributed by atoms with Crippen LogP contribution in [0.25, 0.3) is 6.08 Å². The maximum Gasteiger partial charge on any atom is 0.272 e. The van der Waals surface area contributed by atoms with Crippen molar-refractivity contribution < 1.29 is 19.2 Å². The minimum Gasteiger partial charge on any atom is -0.321 e. The number of para-hydroxylation sites is 1. The molecule has 0 aliphatic carbocycles. The molecule has 0 saturated carbocycles. The van der Waals surface area contributed by atoms with Crippen LogP contribution in [0.5, 0.6) is 0 Å². The highest BCUT2D eigenvalue weighted by Gasteiger charge is 2.40. The van der Waals surface area contributed by atoms with E-state index in [4.69, 9.17) is 23.2 Å². The van der Waals surface area contributed by atoms with E-state index in [1.54, 1.807) is 97.1 Å². The molecule has 1 atom stereocenters. The Balaban J connectivity index is 1.30. The van der Waals surface area contributed by atoms with Crippen LogP contribution < -0.4 is 15.5 Å². The molecule has 1 aliphatic rings. The molecule has 1 aliphatic heterocycles. The lowest BCUT2D eigenvalue weighted by atomic mass is 10.1. The third-order valence-corrected chi connectivity index (χ3v) is 8.35. The first-order valence-corrected chi connectivity index (χ1v) is 14.5. The van der Waals surface area contributed by atoms with Gasteiger partial charge in [-0.15, -0.1) is 11.8 Å². The Bertz CT molecular complexity index is 1680. The molecule has 10 heteroatoms. The van der Waals surface area contributed by atoms with Crippen LogP contribution in [-0.4, -0.2) is 28.9 Å². The highest BCUT2D eigenvalue weighted by Crippen LogP contribution is 2.34. The lowest BCUT2D eigenvalue weighted by Crippen LogP contribution is -2.31. The number of halogens is 2. The number of benzene rings is 4. The van der Waals surface area contributed by atoms with E-state index < -0.39 is 17.1 Å². The van der Waals surface area contributed by atoms with Crippen molar-refractivity contribution in [3.05, 3.63) is 130 Å². The molecular weight excluding hydrogens is 593 g/mol. The van der Waals surface area contributed by atoms with Crippen LogP contribution in [0.3, 0.4) is 0 Å². The Morgan fingerprint density at radius 2 is 1.50 bits per heavy atom. The fourth-order valence-corrected chi connectivity index (χ4v) is 5.67. The third kappa shape index (κ3) is 6.74. The molecule has 4 aromatic rings. The van der Waals surface area contributed by atoms with E-state index in [-0.39, 0.29) is 29.0 Å². The number of imide groups is 1. The first-order chi connectivity index (χ1) is 20.3. The standard InChI is InChI=1S/C32H23Cl2N3O4S/c33-25-13-7-10-21(29(25)34)18-26(36-30(39)20-8-3-1-4-9-20)31(40)35-22-14-16-24(17-15-22)42-27-19-28(38)37(32(27)41)23-11-5-2-6-12-23/h1-18,27H,19H2,(H,35,40)(H,36,39)/b26-18-. The van der Waals surface area contributed by atoms with Gasteiger partial charge in [-0.25, -0.2) is 4.90 Å². The van der Waals surface area contributed by atoms with Crippen LogP contribution in [0.2, 0.25) is 10.0 Å². The van der Waals surface area contributed by atoms with E-state index in [1.165, 1.54) is 22.7 Å². The number of hydrogen-bond acceptors (Lipinski definition) is 5. The number of hydrogen-bond donors (Lipinski definition) is 2. The van der Waals surface area contributed by atoms with E-state index in [0.717, 1.165) is 4.90 Å². The maximum atomic E-state index is 13.3. The van der Waals surface area contributed by atoms with Gasteiger partial charge in [-0.3, -0.25) is 19.2 Å². The number of carbonyl (C=O) groups is 4. The number of thioether (sulfide) groups is 1. The molecule has 0 bridgehead atoms. The van der Waals surface area contributed by atoms with E-state index >= 15 is 0 Å². The van der Waals surface area contributed by atoms with Gasteiger partial charge in [0.2, 0.25) is 11.8 Å². The zero-order valence-electron chi connectivity index (χ0n) is 21.9. The molecule has 7 nitrogen and oxygen atoms in total. The Labute approximate surface area is 256 Å². The normalized spacial score (nSPS) is 15.0. The fourth-order valence-electron chi connectivity index (χ4n) is 4.25. The molecule has 210 valence electrons. The highest BCUT2D eigenvalue weighted by molar-refractivity contribution is 8.00. The topological polar surface area (TPSA) is 95.6 Å². The van der Waals surface area contributed by atoms with Crippen molar-refractivity contribution >= 4 is 76.0 Å². The predicted octanol–water partition coefficient (Wildman–Crippen LogP) is 6.83. The highest BCUT2D eigenvalue weighted by atomic mass is 35.5. The van der Waals surface area contributed by atoms with Crippen molar-refractivity contribution in [1.29, 1.82) is 0 Å². The van der Waals surface area contributed by atoms with Gasteiger partial charge in [0.1, 0.15) is 5.70 Å². The molecule has 4 aromatic carbocycles. The molecule has 2 N–H and O–H groups in total. The fraction of sp³-hybridized carbons (Fsp3) is 0.0625. The van der Waals surface area contributed by atoms with E-state index in [2.05, 4.69) is 10.6 Å². The van der Waals surface area contributed by atoms with Crippen LogP contribution in [0.15, 0.2) is 114 Å². The van der Waals surface area contributed by atoms with Gasteiger partial charge in [0, 0.05) is 22.6 Å². The average Bonchev–Trinajstić information content (AvgIpc) is 3.28. The number of amides is 4. The molecule has 1 unspecified atom stereocenters. The monoisotopic (exact) mass is 615 g/mol. The van der Waals surface area contributed by atoms with Crippen molar-refractivity contribution in [1.82, 2.24) is 5.32 Å². The average molecular weight is 617 g/mol. The largest absolute Gasteiger partial charge is 0.321 e. The summed E-state index contributed by atoms with van der Waals surface area (Å²) in [5.74, 6) is -1.56. The second kappa shape index (κ2) is 13.1. The zero-order valence-corrected chi connectivity index (χ0v) is 24.2. The minimum atomic E-state index is -0.578. The van der Waals surface area contributed by atoms with Crippen LogP contribution in [0.4, 0.5) is 11.4 Å². The Morgan fingerprint density at radius 3 is 2.19 bits per heavy atom. The van der Waals surface area contributed by atoms with Gasteiger partial charge in [-0.05, 0) is 66.2 Å². The van der Waals surface area contributed by atoms with Gasteiger partial charge in [-0.1, -0.05) is 71.7 Å². The summed E-state index contributed by atoms with van der Waals surface area (Å²) in [7, 11) is 0. The van der Waals surface area contributed by atoms with Crippen molar-refractivity contribution in [2.75, 3.05) is 10.2 Å². The van der Waals surface area contributed by atoms with Gasteiger partial charge in [0.05, 0.1) is 21.0 Å². The molecule has 5 rings (SSSR count). The molecule has 1 fully saturated rings. The van der Waals surface area contributed by atoms with Gasteiger partial charge in [-0.2, -0.15) is 0 Å². The van der Waals surface area contributed by atoms with Crippen LogP contribution in [0, 0.1) is 0 Å². The van der Waals surface area contributed by atoms with Crippen molar-refractivity contribution in [2.24, 2.45) is 0 Å². The number of nitrogens with one attached hydrogen (secondary N) is 2. The summed E-state index contributed by atoms with van der Waals surface area (Å²) in [6, 6.07) is 29.2. The number of rotatable bonds is 8. The number of anilines is 2. The van der Waals surface area contributed by atoms with Crippen LogP contribution in [-0.2, 0) is 14.4 Å². The van der Waals surface area contributed by atoms with Crippen molar-refractivity contribution in [3.8, 4) is 0 Å². The lowest BCUT2D eigenvalue weighted by molar-refractivity contribution is -0.121. The van der Waals surface area contributed by atoms with Gasteiger partial charge < -0.3 is 10.6 Å². The quantitative estimate of drug-likeness (QED) is 0.167. The zero-order chi connectivity index (χ0) is 29.6. The molecule has 1 saturated heterocycles. The number of carbonyl (C=O) groups excluding carboxylic acids is 4. The van der Waals surface area contributed by atoms with E-state index in [0.29, 0.717) is 27.5 Å². The molecule has 0 aromatic heterocycles. The van der Waals surface area contributed by atoms with Gasteiger partial charge >= 0.3 is 0 Å². The summed E-state index contributed by atoms with van der Waals surface area (Å²) in [4.78, 5) is 53.7. The second-order valence-corrected chi connectivity index (χ2v) is 11.3. The Kier molecular flexibility index (Phi) is 9.07.